The van der Waals surface area contributed by atoms with E-state index in [1.54, 1.807) is 0 Å². The van der Waals surface area contributed by atoms with Crippen molar-refractivity contribution in [2.75, 3.05) is 0 Å². The maximum atomic E-state index is 6.53. The minimum Gasteiger partial charge on any atom is -0.451 e. The van der Waals surface area contributed by atoms with Crippen LogP contribution in [0, 0.1) is 0 Å². The molecule has 2 heterocycles. The number of para-hydroxylation sites is 4. The zero-order valence-electron chi connectivity index (χ0n) is 14.1. The summed E-state index contributed by atoms with van der Waals surface area (Å²) < 4.78 is 11.8. The first-order valence-corrected chi connectivity index (χ1v) is 9.00. The number of benzene rings is 3. The monoisotopic (exact) mass is 384 g/mol. The van der Waals surface area contributed by atoms with E-state index in [0.29, 0.717) is 55.1 Å². The van der Waals surface area contributed by atoms with Gasteiger partial charge >= 0.3 is 0 Å². The Kier molecular flexibility index (Phi) is 4.31. The van der Waals surface area contributed by atoms with Crippen LogP contribution in [0.25, 0.3) is 0 Å². The zero-order chi connectivity index (χ0) is 18.3. The van der Waals surface area contributed by atoms with E-state index in [4.69, 9.17) is 32.7 Å². The SMILES string of the molecule is CC.Clc1c2c(c(Cl)c3c1=Nc1ccccc1O3)=Nc1ccccc1O2. The van der Waals surface area contributed by atoms with Crippen molar-refractivity contribution >= 4 is 34.6 Å². The average Bonchev–Trinajstić information content (AvgIpc) is 2.71. The van der Waals surface area contributed by atoms with Gasteiger partial charge in [0.1, 0.15) is 32.1 Å². The number of fused-ring (bicyclic) bond motifs is 4. The van der Waals surface area contributed by atoms with Crippen LogP contribution >= 0.6 is 23.2 Å². The molecule has 0 aromatic heterocycles. The van der Waals surface area contributed by atoms with Gasteiger partial charge in [0, 0.05) is 0 Å². The van der Waals surface area contributed by atoms with Crippen LogP contribution in [0.3, 0.4) is 0 Å². The van der Waals surface area contributed by atoms with E-state index in [1.165, 1.54) is 0 Å². The molecule has 26 heavy (non-hydrogen) atoms. The highest BCUT2D eigenvalue weighted by atomic mass is 35.5. The molecule has 0 atom stereocenters. The fourth-order valence-corrected chi connectivity index (χ4v) is 3.25. The summed E-state index contributed by atoms with van der Waals surface area (Å²) in [5.41, 5.74) is 1.38. The lowest BCUT2D eigenvalue weighted by atomic mass is 10.2. The third-order valence-corrected chi connectivity index (χ3v) is 4.57. The lowest BCUT2D eigenvalue weighted by Crippen LogP contribution is -2.22. The molecular formula is C20H14Cl2N2O2. The summed E-state index contributed by atoms with van der Waals surface area (Å²) in [7, 11) is 0. The van der Waals surface area contributed by atoms with E-state index in [2.05, 4.69) is 9.98 Å². The second-order valence-corrected chi connectivity index (χ2v) is 6.10. The van der Waals surface area contributed by atoms with Crippen molar-refractivity contribution in [3.8, 4) is 23.0 Å². The van der Waals surface area contributed by atoms with Crippen molar-refractivity contribution in [3.05, 3.63) is 69.3 Å². The number of ether oxygens (including phenoxy) is 2. The fraction of sp³-hybridized carbons (Fsp3) is 0.100. The van der Waals surface area contributed by atoms with E-state index in [1.807, 2.05) is 62.4 Å². The Hall–Kier alpha value is -2.56. The molecule has 6 heteroatoms. The molecule has 0 aliphatic carbocycles. The molecule has 4 nitrogen and oxygen atoms in total. The third-order valence-electron chi connectivity index (χ3n) is 3.86. The molecule has 0 unspecified atom stereocenters. The molecule has 0 amide bonds. The average molecular weight is 385 g/mol. The lowest BCUT2D eigenvalue weighted by molar-refractivity contribution is 0.451. The maximum absolute atomic E-state index is 6.53. The molecule has 0 fully saturated rings. The van der Waals surface area contributed by atoms with Crippen molar-refractivity contribution in [2.45, 2.75) is 13.8 Å². The molecule has 0 radical (unpaired) electrons. The van der Waals surface area contributed by atoms with Crippen LogP contribution in [0.5, 0.6) is 23.0 Å². The summed E-state index contributed by atoms with van der Waals surface area (Å²) in [5, 5.41) is 1.57. The molecule has 3 aromatic carbocycles. The molecule has 2 aliphatic rings. The molecule has 2 aliphatic heterocycles. The molecular weight excluding hydrogens is 371 g/mol. The Bertz CT molecular complexity index is 1050. The summed E-state index contributed by atoms with van der Waals surface area (Å²) in [6.45, 7) is 4.00. The first kappa shape index (κ1) is 16.9. The number of hydrogen-bond donors (Lipinski definition) is 0. The van der Waals surface area contributed by atoms with Gasteiger partial charge in [0.05, 0.1) is 0 Å². The minimum absolute atomic E-state index is 0.331. The fourth-order valence-electron chi connectivity index (χ4n) is 2.74. The summed E-state index contributed by atoms with van der Waals surface area (Å²) in [6.07, 6.45) is 0. The van der Waals surface area contributed by atoms with E-state index < -0.39 is 0 Å². The van der Waals surface area contributed by atoms with Crippen molar-refractivity contribution in [2.24, 2.45) is 9.98 Å². The maximum Gasteiger partial charge on any atom is 0.175 e. The van der Waals surface area contributed by atoms with Gasteiger partial charge in [-0.05, 0) is 24.3 Å². The first-order valence-electron chi connectivity index (χ1n) is 8.24. The van der Waals surface area contributed by atoms with E-state index in [9.17, 15) is 0 Å². The van der Waals surface area contributed by atoms with Gasteiger partial charge < -0.3 is 9.47 Å². The second-order valence-electron chi connectivity index (χ2n) is 5.35. The van der Waals surface area contributed by atoms with Crippen molar-refractivity contribution < 1.29 is 9.47 Å². The standard InChI is InChI=1S/C18H8Cl2N2O2.C2H6/c19-13-15-17(23-11-7-3-1-5-9(11)21-15)14(20)16-18(13)24-12-8-4-2-6-10(12)22-16;1-2/h1-8H;1-2H3. The summed E-state index contributed by atoms with van der Waals surface area (Å²) in [5.74, 6) is 2.04. The van der Waals surface area contributed by atoms with Crippen molar-refractivity contribution in [1.29, 1.82) is 0 Å². The number of nitrogens with zero attached hydrogens (tertiary/aromatic N) is 2. The van der Waals surface area contributed by atoms with E-state index in [0.717, 1.165) is 0 Å². The zero-order valence-corrected chi connectivity index (χ0v) is 15.6. The Balaban J connectivity index is 0.000000814. The van der Waals surface area contributed by atoms with Gasteiger partial charge in [-0.25, -0.2) is 9.98 Å². The van der Waals surface area contributed by atoms with Gasteiger partial charge in [-0.3, -0.25) is 0 Å². The normalized spacial score (nSPS) is 12.3. The molecule has 0 bridgehead atoms. The van der Waals surface area contributed by atoms with Gasteiger partial charge in [0.25, 0.3) is 0 Å². The van der Waals surface area contributed by atoms with Crippen LogP contribution in [-0.2, 0) is 0 Å². The van der Waals surface area contributed by atoms with Crippen LogP contribution < -0.4 is 20.2 Å². The molecule has 0 saturated heterocycles. The summed E-state index contributed by atoms with van der Waals surface area (Å²) in [6, 6.07) is 14.9. The molecule has 5 rings (SSSR count). The smallest absolute Gasteiger partial charge is 0.175 e. The molecule has 0 spiro atoms. The van der Waals surface area contributed by atoms with Crippen LogP contribution in [0.2, 0.25) is 10.0 Å². The first-order chi connectivity index (χ1) is 12.7. The van der Waals surface area contributed by atoms with Gasteiger partial charge in [-0.2, -0.15) is 0 Å². The Morgan fingerprint density at radius 1 is 0.654 bits per heavy atom. The highest BCUT2D eigenvalue weighted by Crippen LogP contribution is 2.41. The van der Waals surface area contributed by atoms with Crippen LogP contribution in [0.15, 0.2) is 58.5 Å². The topological polar surface area (TPSA) is 43.2 Å². The van der Waals surface area contributed by atoms with Crippen LogP contribution in [0.4, 0.5) is 11.4 Å². The minimum atomic E-state index is 0.331. The highest BCUT2D eigenvalue weighted by Gasteiger charge is 2.26. The number of hydrogen-bond acceptors (Lipinski definition) is 4. The van der Waals surface area contributed by atoms with Gasteiger partial charge in [-0.1, -0.05) is 61.3 Å². The summed E-state index contributed by atoms with van der Waals surface area (Å²) >= 11 is 13.1. The quantitative estimate of drug-likeness (QED) is 0.322. The van der Waals surface area contributed by atoms with Gasteiger partial charge in [0.15, 0.2) is 23.0 Å². The second kappa shape index (κ2) is 6.63. The van der Waals surface area contributed by atoms with Gasteiger partial charge in [0.2, 0.25) is 0 Å². The summed E-state index contributed by atoms with van der Waals surface area (Å²) in [4.78, 5) is 9.14. The Morgan fingerprint density at radius 3 is 1.46 bits per heavy atom. The van der Waals surface area contributed by atoms with E-state index >= 15 is 0 Å². The number of rotatable bonds is 0. The molecule has 3 aromatic rings. The predicted octanol–water partition coefficient (Wildman–Crippen LogP) is 6.13. The number of halogens is 2. The van der Waals surface area contributed by atoms with Crippen LogP contribution in [-0.4, -0.2) is 0 Å². The predicted molar refractivity (Wildman–Crippen MR) is 102 cm³/mol. The van der Waals surface area contributed by atoms with Crippen molar-refractivity contribution in [1.82, 2.24) is 0 Å². The Labute approximate surface area is 160 Å². The Morgan fingerprint density at radius 2 is 1.04 bits per heavy atom. The molecule has 0 saturated carbocycles. The van der Waals surface area contributed by atoms with Crippen LogP contribution in [0.1, 0.15) is 13.8 Å². The lowest BCUT2D eigenvalue weighted by Gasteiger charge is -2.20. The van der Waals surface area contributed by atoms with Crippen molar-refractivity contribution in [3.63, 3.8) is 0 Å². The third kappa shape index (κ3) is 2.54. The molecule has 0 N–H and O–H groups in total. The van der Waals surface area contributed by atoms with Gasteiger partial charge in [-0.15, -0.1) is 0 Å². The largest absolute Gasteiger partial charge is 0.451 e. The molecule has 130 valence electrons. The van der Waals surface area contributed by atoms with E-state index in [-0.39, 0.29) is 0 Å². The highest BCUT2D eigenvalue weighted by molar-refractivity contribution is 6.35.